The summed E-state index contributed by atoms with van der Waals surface area (Å²) in [6.45, 7) is 4.28. The Morgan fingerprint density at radius 3 is 2.53 bits per heavy atom. The second kappa shape index (κ2) is 10.8. The Hall–Kier alpha value is -2.87. The highest BCUT2D eigenvalue weighted by Crippen LogP contribution is 2.35. The first-order valence-electron chi connectivity index (χ1n) is 10.4. The van der Waals surface area contributed by atoms with Crippen molar-refractivity contribution in [3.63, 3.8) is 0 Å². The highest BCUT2D eigenvalue weighted by Gasteiger charge is 2.30. The predicted molar refractivity (Wildman–Crippen MR) is 112 cm³/mol. The van der Waals surface area contributed by atoms with Gasteiger partial charge in [0.2, 0.25) is 5.88 Å². The molecule has 0 amide bonds. The van der Waals surface area contributed by atoms with Gasteiger partial charge in [-0.15, -0.1) is 5.10 Å². The topological polar surface area (TPSA) is 104 Å². The second-order valence-electron chi connectivity index (χ2n) is 7.80. The summed E-state index contributed by atoms with van der Waals surface area (Å²) in [6.07, 6.45) is 10.3. The van der Waals surface area contributed by atoms with Gasteiger partial charge in [-0.2, -0.15) is 0 Å². The summed E-state index contributed by atoms with van der Waals surface area (Å²) in [5.74, 6) is 0.167. The summed E-state index contributed by atoms with van der Waals surface area (Å²) in [7, 11) is 0. The van der Waals surface area contributed by atoms with Crippen LogP contribution in [0.1, 0.15) is 32.1 Å². The van der Waals surface area contributed by atoms with Crippen molar-refractivity contribution in [3.8, 4) is 5.88 Å². The zero-order chi connectivity index (χ0) is 21.3. The SMILES string of the molecule is O=C(O)/C=C\C(=O)O.c1ccn2nc(OCCN3CCC4CCCCC4C3)cc2c1. The zero-order valence-corrected chi connectivity index (χ0v) is 17.0. The van der Waals surface area contributed by atoms with Crippen molar-refractivity contribution in [2.45, 2.75) is 32.1 Å². The largest absolute Gasteiger partial charge is 0.478 e. The summed E-state index contributed by atoms with van der Waals surface area (Å²) in [5, 5.41) is 20.1. The van der Waals surface area contributed by atoms with Crippen molar-refractivity contribution in [1.82, 2.24) is 14.5 Å². The van der Waals surface area contributed by atoms with Crippen LogP contribution in [0.3, 0.4) is 0 Å². The smallest absolute Gasteiger partial charge is 0.328 e. The van der Waals surface area contributed by atoms with E-state index in [4.69, 9.17) is 14.9 Å². The maximum atomic E-state index is 9.55. The summed E-state index contributed by atoms with van der Waals surface area (Å²) in [6, 6.07) is 8.06. The Bertz CT molecular complexity index is 830. The van der Waals surface area contributed by atoms with Gasteiger partial charge in [-0.05, 0) is 43.4 Å². The molecule has 0 bridgehead atoms. The molecule has 2 aromatic heterocycles. The lowest BCUT2D eigenvalue weighted by Gasteiger charge is -2.41. The van der Waals surface area contributed by atoms with Gasteiger partial charge in [-0.3, -0.25) is 4.90 Å². The number of piperidine rings is 1. The van der Waals surface area contributed by atoms with Crippen molar-refractivity contribution < 1.29 is 24.5 Å². The molecule has 0 aromatic carbocycles. The van der Waals surface area contributed by atoms with Gasteiger partial charge in [0, 0.05) is 37.5 Å². The molecule has 2 fully saturated rings. The number of carbonyl (C=O) groups is 2. The third-order valence-corrected chi connectivity index (χ3v) is 5.75. The Labute approximate surface area is 175 Å². The summed E-state index contributed by atoms with van der Waals surface area (Å²) >= 11 is 0. The molecule has 1 saturated carbocycles. The number of hydrogen-bond acceptors (Lipinski definition) is 5. The Balaban J connectivity index is 0.000000275. The molecule has 3 heterocycles. The first-order chi connectivity index (χ1) is 14.5. The van der Waals surface area contributed by atoms with Crippen molar-refractivity contribution in [3.05, 3.63) is 42.6 Å². The van der Waals surface area contributed by atoms with E-state index in [0.29, 0.717) is 12.2 Å². The van der Waals surface area contributed by atoms with E-state index in [1.807, 2.05) is 35.0 Å². The van der Waals surface area contributed by atoms with Gasteiger partial charge < -0.3 is 14.9 Å². The van der Waals surface area contributed by atoms with Crippen molar-refractivity contribution in [2.75, 3.05) is 26.2 Å². The van der Waals surface area contributed by atoms with Crippen LogP contribution >= 0.6 is 0 Å². The lowest BCUT2D eigenvalue weighted by atomic mass is 9.75. The Morgan fingerprint density at radius 2 is 1.83 bits per heavy atom. The lowest BCUT2D eigenvalue weighted by molar-refractivity contribution is -0.134. The molecule has 8 heteroatoms. The molecule has 2 atom stereocenters. The molecule has 30 heavy (non-hydrogen) atoms. The van der Waals surface area contributed by atoms with E-state index in [2.05, 4.69) is 10.00 Å². The predicted octanol–water partition coefficient (Wildman–Crippen LogP) is 2.94. The van der Waals surface area contributed by atoms with Crippen LogP contribution in [0.25, 0.3) is 5.52 Å². The van der Waals surface area contributed by atoms with E-state index in [1.165, 1.54) is 45.2 Å². The molecule has 2 aromatic rings. The molecule has 2 aliphatic rings. The van der Waals surface area contributed by atoms with E-state index in [0.717, 1.165) is 36.4 Å². The van der Waals surface area contributed by atoms with Gasteiger partial charge in [0.15, 0.2) is 0 Å². The number of carboxylic acid groups (broad SMARTS) is 2. The molecule has 2 unspecified atom stereocenters. The highest BCUT2D eigenvalue weighted by atomic mass is 16.5. The molecule has 4 rings (SSSR count). The minimum absolute atomic E-state index is 0.558. The van der Waals surface area contributed by atoms with E-state index in [9.17, 15) is 9.59 Å². The molecular weight excluding hydrogens is 386 g/mol. The molecule has 2 N–H and O–H groups in total. The number of ether oxygens (including phenoxy) is 1. The number of fused-ring (bicyclic) bond motifs is 2. The van der Waals surface area contributed by atoms with Crippen molar-refractivity contribution in [1.29, 1.82) is 0 Å². The van der Waals surface area contributed by atoms with Crippen LogP contribution in [-0.4, -0.2) is 62.9 Å². The van der Waals surface area contributed by atoms with Gasteiger partial charge >= 0.3 is 11.9 Å². The molecule has 1 aliphatic carbocycles. The fourth-order valence-electron chi connectivity index (χ4n) is 4.29. The molecule has 1 aliphatic heterocycles. The fourth-order valence-corrected chi connectivity index (χ4v) is 4.29. The average Bonchev–Trinajstić information content (AvgIpc) is 3.15. The fraction of sp³-hybridized carbons (Fsp3) is 0.500. The van der Waals surface area contributed by atoms with Crippen LogP contribution in [0.4, 0.5) is 0 Å². The number of carboxylic acids is 2. The van der Waals surface area contributed by atoms with Gasteiger partial charge in [0.1, 0.15) is 6.61 Å². The minimum atomic E-state index is -1.26. The van der Waals surface area contributed by atoms with E-state index < -0.39 is 11.9 Å². The number of likely N-dealkylation sites (tertiary alicyclic amines) is 1. The van der Waals surface area contributed by atoms with E-state index >= 15 is 0 Å². The number of aliphatic carboxylic acids is 2. The van der Waals surface area contributed by atoms with Gasteiger partial charge in [0.25, 0.3) is 0 Å². The third-order valence-electron chi connectivity index (χ3n) is 5.75. The van der Waals surface area contributed by atoms with Gasteiger partial charge in [-0.1, -0.05) is 25.3 Å². The monoisotopic (exact) mass is 415 g/mol. The number of hydrogen-bond donors (Lipinski definition) is 2. The maximum absolute atomic E-state index is 9.55. The number of aromatic nitrogens is 2. The lowest BCUT2D eigenvalue weighted by Crippen LogP contribution is -2.43. The van der Waals surface area contributed by atoms with Crippen LogP contribution in [0.2, 0.25) is 0 Å². The Morgan fingerprint density at radius 1 is 1.10 bits per heavy atom. The average molecular weight is 415 g/mol. The number of rotatable bonds is 6. The van der Waals surface area contributed by atoms with Crippen LogP contribution < -0.4 is 4.74 Å². The highest BCUT2D eigenvalue weighted by molar-refractivity contribution is 5.89. The second-order valence-corrected chi connectivity index (χ2v) is 7.80. The Kier molecular flexibility index (Phi) is 7.84. The van der Waals surface area contributed by atoms with E-state index in [1.54, 1.807) is 0 Å². The normalized spacial score (nSPS) is 21.6. The minimum Gasteiger partial charge on any atom is -0.478 e. The first kappa shape index (κ1) is 21.8. The number of nitrogens with zero attached hydrogens (tertiary/aromatic N) is 3. The van der Waals surface area contributed by atoms with Crippen LogP contribution in [0, 0.1) is 11.8 Å². The molecule has 0 spiro atoms. The molecule has 1 saturated heterocycles. The van der Waals surface area contributed by atoms with Crippen molar-refractivity contribution in [2.24, 2.45) is 11.8 Å². The summed E-state index contributed by atoms with van der Waals surface area (Å²) < 4.78 is 7.72. The summed E-state index contributed by atoms with van der Waals surface area (Å²) in [4.78, 5) is 21.7. The molecule has 0 radical (unpaired) electrons. The van der Waals surface area contributed by atoms with Gasteiger partial charge in [0.05, 0.1) is 5.52 Å². The quantitative estimate of drug-likeness (QED) is 0.699. The summed E-state index contributed by atoms with van der Waals surface area (Å²) in [5.41, 5.74) is 1.08. The molecular formula is C22H29N3O5. The van der Waals surface area contributed by atoms with E-state index in [-0.39, 0.29) is 0 Å². The van der Waals surface area contributed by atoms with Gasteiger partial charge in [-0.25, -0.2) is 14.1 Å². The van der Waals surface area contributed by atoms with Crippen LogP contribution in [-0.2, 0) is 9.59 Å². The van der Waals surface area contributed by atoms with Crippen LogP contribution in [0.5, 0.6) is 5.88 Å². The molecule has 8 nitrogen and oxygen atoms in total. The standard InChI is InChI=1S/C18H25N3O.C4H4O4/c1-2-6-16-14-20(10-8-15(16)5-1)11-12-22-18-13-17-7-3-4-9-21(17)19-18;5-3(6)1-2-4(7)8/h3-4,7,9,13,15-16H,1-2,5-6,8,10-12,14H2;1-2H,(H,5,6)(H,7,8)/b;2-1-. The number of pyridine rings is 1. The molecule has 162 valence electrons. The zero-order valence-electron chi connectivity index (χ0n) is 17.0. The van der Waals surface area contributed by atoms with Crippen LogP contribution in [0.15, 0.2) is 42.6 Å². The third kappa shape index (κ3) is 6.59. The van der Waals surface area contributed by atoms with Crippen molar-refractivity contribution >= 4 is 17.5 Å². The first-order valence-corrected chi connectivity index (χ1v) is 10.4. The maximum Gasteiger partial charge on any atom is 0.328 e.